The van der Waals surface area contributed by atoms with Crippen LogP contribution in [0, 0.1) is 6.92 Å². The molecule has 0 amide bonds. The van der Waals surface area contributed by atoms with E-state index in [4.69, 9.17) is 28.4 Å². The Morgan fingerprint density at radius 2 is 1.59 bits per heavy atom. The Morgan fingerprint density at radius 3 is 2.33 bits per heavy atom. The van der Waals surface area contributed by atoms with Crippen LogP contribution in [-0.2, 0) is 23.7 Å². The zero-order valence-electron chi connectivity index (χ0n) is 16.5. The van der Waals surface area contributed by atoms with Crippen molar-refractivity contribution in [3.63, 3.8) is 0 Å². The summed E-state index contributed by atoms with van der Waals surface area (Å²) in [6, 6.07) is 0. The van der Waals surface area contributed by atoms with Crippen LogP contribution in [0.1, 0.15) is 31.2 Å². The van der Waals surface area contributed by atoms with E-state index >= 15 is 0 Å². The fourth-order valence-corrected chi connectivity index (χ4v) is 3.39. The van der Waals surface area contributed by atoms with Crippen LogP contribution in [0.3, 0.4) is 0 Å². The molecular weight excluding hydrogens is 368 g/mol. The Balaban J connectivity index is 1.44. The van der Waals surface area contributed by atoms with Crippen LogP contribution in [0.15, 0.2) is 10.8 Å². The molecule has 0 spiro atoms. The number of rotatable bonds is 10. The van der Waals surface area contributed by atoms with Crippen LogP contribution < -0.4 is 4.74 Å². The highest BCUT2D eigenvalue weighted by atomic mass is 32.1. The first-order chi connectivity index (χ1) is 13.4. The van der Waals surface area contributed by atoms with Crippen molar-refractivity contribution in [2.24, 2.45) is 0 Å². The van der Waals surface area contributed by atoms with E-state index in [9.17, 15) is 0 Å². The lowest BCUT2D eigenvalue weighted by Crippen LogP contribution is -2.29. The van der Waals surface area contributed by atoms with Gasteiger partial charge >= 0.3 is 0 Å². The van der Waals surface area contributed by atoms with Crippen molar-refractivity contribution in [2.75, 3.05) is 66.1 Å². The minimum absolute atomic E-state index is 0.0460. The molecule has 1 fully saturated rings. The molecule has 0 aromatic carbocycles. The second kappa shape index (κ2) is 15.2. The quantitative estimate of drug-likeness (QED) is 0.559. The molecule has 1 saturated heterocycles. The van der Waals surface area contributed by atoms with Crippen LogP contribution in [0.4, 0.5) is 0 Å². The SMILES string of the molecule is Cc1cscc1OCCCCCCOCC1COCCOCCOCCO1. The van der Waals surface area contributed by atoms with Crippen molar-refractivity contribution < 1.29 is 28.4 Å². The van der Waals surface area contributed by atoms with E-state index in [2.05, 4.69) is 17.7 Å². The summed E-state index contributed by atoms with van der Waals surface area (Å²) in [6.07, 6.45) is 4.40. The van der Waals surface area contributed by atoms with Gasteiger partial charge in [-0.05, 0) is 31.6 Å². The van der Waals surface area contributed by atoms with E-state index < -0.39 is 0 Å². The summed E-state index contributed by atoms with van der Waals surface area (Å²) >= 11 is 1.69. The van der Waals surface area contributed by atoms with Gasteiger partial charge in [0.25, 0.3) is 0 Å². The van der Waals surface area contributed by atoms with Gasteiger partial charge < -0.3 is 28.4 Å². The maximum Gasteiger partial charge on any atom is 0.132 e. The van der Waals surface area contributed by atoms with Gasteiger partial charge in [-0.3, -0.25) is 0 Å². The van der Waals surface area contributed by atoms with Gasteiger partial charge in [-0.25, -0.2) is 0 Å². The lowest BCUT2D eigenvalue weighted by atomic mass is 10.2. The minimum atomic E-state index is -0.0460. The Kier molecular flexibility index (Phi) is 12.8. The molecule has 6 nitrogen and oxygen atoms in total. The monoisotopic (exact) mass is 402 g/mol. The lowest BCUT2D eigenvalue weighted by Gasteiger charge is -2.19. The van der Waals surface area contributed by atoms with Crippen molar-refractivity contribution in [3.8, 4) is 5.75 Å². The second-order valence-electron chi connectivity index (χ2n) is 6.55. The first-order valence-corrected chi connectivity index (χ1v) is 10.9. The largest absolute Gasteiger partial charge is 0.492 e. The summed E-state index contributed by atoms with van der Waals surface area (Å²) in [4.78, 5) is 0. The van der Waals surface area contributed by atoms with Crippen molar-refractivity contribution in [1.82, 2.24) is 0 Å². The van der Waals surface area contributed by atoms with Gasteiger partial charge in [0.1, 0.15) is 11.9 Å². The van der Waals surface area contributed by atoms with E-state index in [0.717, 1.165) is 44.6 Å². The van der Waals surface area contributed by atoms with Crippen LogP contribution in [0.5, 0.6) is 5.75 Å². The molecule has 7 heteroatoms. The Labute approximate surface area is 167 Å². The highest BCUT2D eigenvalue weighted by Gasteiger charge is 2.11. The Hall–Kier alpha value is -0.700. The van der Waals surface area contributed by atoms with Crippen LogP contribution >= 0.6 is 11.3 Å². The molecule has 1 atom stereocenters. The van der Waals surface area contributed by atoms with Crippen molar-refractivity contribution >= 4 is 11.3 Å². The summed E-state index contributed by atoms with van der Waals surface area (Å²) in [6.45, 7) is 8.22. The number of hydrogen-bond acceptors (Lipinski definition) is 7. The van der Waals surface area contributed by atoms with Crippen molar-refractivity contribution in [3.05, 3.63) is 16.3 Å². The molecule has 0 radical (unpaired) electrons. The molecule has 1 unspecified atom stereocenters. The second-order valence-corrected chi connectivity index (χ2v) is 7.29. The smallest absolute Gasteiger partial charge is 0.132 e. The van der Waals surface area contributed by atoms with Gasteiger partial charge in [0.05, 0.1) is 59.5 Å². The van der Waals surface area contributed by atoms with Crippen molar-refractivity contribution in [2.45, 2.75) is 38.7 Å². The van der Waals surface area contributed by atoms with Gasteiger partial charge in [-0.1, -0.05) is 6.42 Å². The molecule has 1 aromatic heterocycles. The first kappa shape index (κ1) is 22.6. The third-order valence-electron chi connectivity index (χ3n) is 4.18. The summed E-state index contributed by atoms with van der Waals surface area (Å²) in [5, 5.41) is 4.18. The van der Waals surface area contributed by atoms with Crippen LogP contribution in [0.25, 0.3) is 0 Å². The molecule has 0 saturated carbocycles. The summed E-state index contributed by atoms with van der Waals surface area (Å²) in [7, 11) is 0. The fraction of sp³-hybridized carbons (Fsp3) is 0.800. The van der Waals surface area contributed by atoms with Crippen molar-refractivity contribution in [1.29, 1.82) is 0 Å². The Morgan fingerprint density at radius 1 is 0.889 bits per heavy atom. The highest BCUT2D eigenvalue weighted by Crippen LogP contribution is 2.22. The Bertz CT molecular complexity index is 455. The van der Waals surface area contributed by atoms with Crippen LogP contribution in [0.2, 0.25) is 0 Å². The molecule has 1 aliphatic rings. The minimum Gasteiger partial charge on any atom is -0.492 e. The molecule has 156 valence electrons. The number of thiophene rings is 1. The van der Waals surface area contributed by atoms with E-state index in [0.29, 0.717) is 52.9 Å². The normalized spacial score (nSPS) is 20.0. The summed E-state index contributed by atoms with van der Waals surface area (Å²) in [5.41, 5.74) is 1.23. The molecular formula is C20H34O6S. The average Bonchev–Trinajstić information content (AvgIpc) is 3.07. The standard InChI is InChI=1S/C20H34O6S/c1-18-16-27-17-20(18)26-7-5-3-2-4-6-23-14-19-15-24-11-10-21-8-9-22-12-13-25-19/h16-17,19H,2-15H2,1H3. The molecule has 0 N–H and O–H groups in total. The average molecular weight is 403 g/mol. The van der Waals surface area contributed by atoms with E-state index in [1.807, 2.05) is 0 Å². The predicted octanol–water partition coefficient (Wildman–Crippen LogP) is 3.46. The van der Waals surface area contributed by atoms with E-state index in [1.54, 1.807) is 11.3 Å². The number of unbranched alkanes of at least 4 members (excludes halogenated alkanes) is 3. The van der Waals surface area contributed by atoms with Gasteiger partial charge in [0.2, 0.25) is 0 Å². The lowest BCUT2D eigenvalue weighted by molar-refractivity contribution is -0.0903. The third-order valence-corrected chi connectivity index (χ3v) is 5.02. The highest BCUT2D eigenvalue weighted by molar-refractivity contribution is 7.08. The summed E-state index contributed by atoms with van der Waals surface area (Å²) < 4.78 is 33.8. The van der Waals surface area contributed by atoms with Crippen LogP contribution in [-0.4, -0.2) is 72.2 Å². The van der Waals surface area contributed by atoms with Gasteiger partial charge in [0, 0.05) is 17.6 Å². The number of ether oxygens (including phenoxy) is 6. The maximum absolute atomic E-state index is 5.79. The summed E-state index contributed by atoms with van der Waals surface area (Å²) in [5.74, 6) is 1.03. The maximum atomic E-state index is 5.79. The van der Waals surface area contributed by atoms with Gasteiger partial charge in [-0.15, -0.1) is 11.3 Å². The van der Waals surface area contributed by atoms with Gasteiger partial charge in [-0.2, -0.15) is 0 Å². The molecule has 2 heterocycles. The number of hydrogen-bond donors (Lipinski definition) is 0. The van der Waals surface area contributed by atoms with E-state index in [1.165, 1.54) is 5.56 Å². The number of aryl methyl sites for hydroxylation is 1. The molecule has 1 aromatic rings. The molecule has 0 bridgehead atoms. The molecule has 0 aliphatic carbocycles. The molecule has 2 rings (SSSR count). The topological polar surface area (TPSA) is 55.4 Å². The van der Waals surface area contributed by atoms with Gasteiger partial charge in [0.15, 0.2) is 0 Å². The molecule has 27 heavy (non-hydrogen) atoms. The zero-order chi connectivity index (χ0) is 19.0. The predicted molar refractivity (Wildman–Crippen MR) is 106 cm³/mol. The molecule has 1 aliphatic heterocycles. The zero-order valence-corrected chi connectivity index (χ0v) is 17.3. The third kappa shape index (κ3) is 11.0. The fourth-order valence-electron chi connectivity index (χ4n) is 2.63. The van der Waals surface area contributed by atoms with E-state index in [-0.39, 0.29) is 6.10 Å². The first-order valence-electron chi connectivity index (χ1n) is 9.94.